The van der Waals surface area contributed by atoms with E-state index in [1.165, 1.54) is 16.3 Å². The fraction of sp³-hybridized carbons (Fsp3) is 0.480. The van der Waals surface area contributed by atoms with Gasteiger partial charge in [-0.05, 0) is 37.8 Å². The Balaban J connectivity index is 1.42. The number of allylic oxidation sites excluding steroid dienone is 1. The minimum absolute atomic E-state index is 0.0580. The van der Waals surface area contributed by atoms with Gasteiger partial charge in [0.05, 0.1) is 16.7 Å². The molecule has 35 heavy (non-hydrogen) atoms. The Morgan fingerprint density at radius 2 is 1.91 bits per heavy atom. The predicted octanol–water partition coefficient (Wildman–Crippen LogP) is 2.87. The Morgan fingerprint density at radius 1 is 1.20 bits per heavy atom. The molecule has 4 rings (SSSR count). The number of nitrogens with zero attached hydrogens (tertiary/aromatic N) is 5. The molecule has 1 aliphatic heterocycles. The van der Waals surface area contributed by atoms with Crippen molar-refractivity contribution in [3.8, 4) is 0 Å². The van der Waals surface area contributed by atoms with Gasteiger partial charge in [-0.1, -0.05) is 43.8 Å². The quantitative estimate of drug-likeness (QED) is 0.361. The van der Waals surface area contributed by atoms with Crippen LogP contribution in [-0.4, -0.2) is 60.8 Å². The number of thioether (sulfide) groups is 1. The Labute approximate surface area is 208 Å². The number of rotatable bonds is 9. The Hall–Kier alpha value is -3.14. The lowest BCUT2D eigenvalue weighted by Gasteiger charge is -2.34. The molecule has 0 radical (unpaired) electrons. The van der Waals surface area contributed by atoms with Gasteiger partial charge in [0.1, 0.15) is 0 Å². The number of amides is 2. The zero-order valence-corrected chi connectivity index (χ0v) is 21.1. The largest absolute Gasteiger partial charge is 0.353 e. The lowest BCUT2D eigenvalue weighted by atomic mass is 9.98. The molecule has 2 aromatic heterocycles. The van der Waals surface area contributed by atoms with Gasteiger partial charge in [0.25, 0.3) is 5.56 Å². The molecule has 0 bridgehead atoms. The number of aromatic nitrogens is 4. The normalized spacial score (nSPS) is 14.7. The lowest BCUT2D eigenvalue weighted by Crippen LogP contribution is -2.48. The summed E-state index contributed by atoms with van der Waals surface area (Å²) in [6, 6.07) is 7.37. The number of carbonyl (C=O) groups excluding carboxylic acids is 2. The van der Waals surface area contributed by atoms with E-state index >= 15 is 0 Å². The van der Waals surface area contributed by atoms with Crippen LogP contribution in [0.15, 0.2) is 46.9 Å². The van der Waals surface area contributed by atoms with Crippen LogP contribution in [0.3, 0.4) is 0 Å². The number of hydrogen-bond donors (Lipinski definition) is 1. The van der Waals surface area contributed by atoms with Crippen molar-refractivity contribution < 1.29 is 9.59 Å². The van der Waals surface area contributed by atoms with Crippen molar-refractivity contribution in [2.24, 2.45) is 5.92 Å². The number of para-hydroxylation sites is 1. The van der Waals surface area contributed by atoms with Crippen LogP contribution in [0.25, 0.3) is 16.7 Å². The van der Waals surface area contributed by atoms with Crippen molar-refractivity contribution in [3.05, 3.63) is 47.3 Å². The number of fused-ring (bicyclic) bond motifs is 3. The third-order valence-corrected chi connectivity index (χ3v) is 7.56. The lowest BCUT2D eigenvalue weighted by molar-refractivity contribution is -0.136. The average molecular weight is 497 g/mol. The maximum absolute atomic E-state index is 12.9. The fourth-order valence-electron chi connectivity index (χ4n) is 4.66. The minimum atomic E-state index is -0.149. The fourth-order valence-corrected chi connectivity index (χ4v) is 5.41. The van der Waals surface area contributed by atoms with E-state index in [9.17, 15) is 14.4 Å². The van der Waals surface area contributed by atoms with Crippen molar-refractivity contribution in [1.82, 2.24) is 29.4 Å². The molecule has 3 heterocycles. The van der Waals surface area contributed by atoms with E-state index in [1.54, 1.807) is 12.1 Å². The predicted molar refractivity (Wildman–Crippen MR) is 137 cm³/mol. The van der Waals surface area contributed by atoms with Crippen LogP contribution in [0.5, 0.6) is 0 Å². The number of piperidine rings is 1. The molecule has 1 N–H and O–H groups in total. The molecule has 1 aromatic carbocycles. The molecule has 0 spiro atoms. The summed E-state index contributed by atoms with van der Waals surface area (Å²) in [4.78, 5) is 40.2. The number of benzene rings is 1. The highest BCUT2D eigenvalue weighted by Gasteiger charge is 2.27. The van der Waals surface area contributed by atoms with Crippen LogP contribution < -0.4 is 10.9 Å². The number of nitrogens with one attached hydrogen (secondary N) is 1. The Kier molecular flexibility index (Phi) is 7.90. The van der Waals surface area contributed by atoms with Crippen molar-refractivity contribution in [3.63, 3.8) is 0 Å². The summed E-state index contributed by atoms with van der Waals surface area (Å²) >= 11 is 1.29. The molecule has 186 valence electrons. The van der Waals surface area contributed by atoms with E-state index < -0.39 is 0 Å². The second-order valence-corrected chi connectivity index (χ2v) is 9.75. The summed E-state index contributed by atoms with van der Waals surface area (Å²) in [6.07, 6.45) is 4.89. The van der Waals surface area contributed by atoms with Crippen LogP contribution in [0.2, 0.25) is 0 Å². The molecule has 1 saturated heterocycles. The van der Waals surface area contributed by atoms with Gasteiger partial charge in [0.15, 0.2) is 5.16 Å². The third kappa shape index (κ3) is 5.12. The standard InChI is InChI=1S/C25H32N6O3S/c1-4-13-30-23(34)19-9-7-8-10-20(19)31-24(30)27-28-25(31)35-16-21(32)26-18-11-14-29(15-12-18)22(33)17(5-2)6-3/h4,7-10,17-18H,1,5-6,11-16H2,2-3H3,(H,26,32). The smallest absolute Gasteiger partial charge is 0.263 e. The van der Waals surface area contributed by atoms with Crippen LogP contribution in [-0.2, 0) is 16.1 Å². The summed E-state index contributed by atoms with van der Waals surface area (Å²) in [5, 5.41) is 12.7. The molecule has 10 heteroatoms. The van der Waals surface area contributed by atoms with Crippen molar-refractivity contribution in [1.29, 1.82) is 0 Å². The highest BCUT2D eigenvalue weighted by molar-refractivity contribution is 7.99. The van der Waals surface area contributed by atoms with Gasteiger partial charge < -0.3 is 10.2 Å². The van der Waals surface area contributed by atoms with Gasteiger partial charge in [0, 0.05) is 31.6 Å². The third-order valence-electron chi connectivity index (χ3n) is 6.63. The summed E-state index contributed by atoms with van der Waals surface area (Å²) in [5.74, 6) is 0.847. The Morgan fingerprint density at radius 3 is 2.60 bits per heavy atom. The van der Waals surface area contributed by atoms with Gasteiger partial charge in [-0.15, -0.1) is 16.8 Å². The van der Waals surface area contributed by atoms with Gasteiger partial charge in [0.2, 0.25) is 17.6 Å². The van der Waals surface area contributed by atoms with Gasteiger partial charge in [-0.2, -0.15) is 0 Å². The maximum Gasteiger partial charge on any atom is 0.263 e. The van der Waals surface area contributed by atoms with E-state index in [1.807, 2.05) is 27.5 Å². The zero-order chi connectivity index (χ0) is 24.9. The molecule has 1 fully saturated rings. The van der Waals surface area contributed by atoms with Gasteiger partial charge >= 0.3 is 0 Å². The first-order chi connectivity index (χ1) is 17.0. The van der Waals surface area contributed by atoms with Gasteiger partial charge in [-0.25, -0.2) is 0 Å². The topological polar surface area (TPSA) is 102 Å². The molecular formula is C25H32N6O3S. The van der Waals surface area contributed by atoms with E-state index in [4.69, 9.17) is 0 Å². The second kappa shape index (κ2) is 11.1. The number of hydrogen-bond acceptors (Lipinski definition) is 6. The highest BCUT2D eigenvalue weighted by atomic mass is 32.2. The molecule has 0 unspecified atom stereocenters. The first-order valence-corrected chi connectivity index (χ1v) is 13.2. The molecule has 9 nitrogen and oxygen atoms in total. The Bertz CT molecular complexity index is 1290. The van der Waals surface area contributed by atoms with Crippen molar-refractivity contribution in [2.75, 3.05) is 18.8 Å². The first-order valence-electron chi connectivity index (χ1n) is 12.2. The number of carbonyl (C=O) groups is 2. The summed E-state index contributed by atoms with van der Waals surface area (Å²) in [7, 11) is 0. The minimum Gasteiger partial charge on any atom is -0.353 e. The van der Waals surface area contributed by atoms with E-state index in [-0.39, 0.29) is 35.1 Å². The van der Waals surface area contributed by atoms with Crippen LogP contribution in [0, 0.1) is 5.92 Å². The van der Waals surface area contributed by atoms with E-state index in [2.05, 4.69) is 35.9 Å². The second-order valence-electron chi connectivity index (χ2n) is 8.81. The maximum atomic E-state index is 12.9. The molecular weight excluding hydrogens is 464 g/mol. The van der Waals surface area contributed by atoms with Crippen LogP contribution >= 0.6 is 11.8 Å². The summed E-state index contributed by atoms with van der Waals surface area (Å²) in [6.45, 7) is 9.51. The summed E-state index contributed by atoms with van der Waals surface area (Å²) < 4.78 is 3.35. The monoisotopic (exact) mass is 496 g/mol. The van der Waals surface area contributed by atoms with Crippen molar-refractivity contribution in [2.45, 2.75) is 57.3 Å². The van der Waals surface area contributed by atoms with E-state index in [0.29, 0.717) is 41.5 Å². The van der Waals surface area contributed by atoms with Crippen LogP contribution in [0.1, 0.15) is 39.5 Å². The van der Waals surface area contributed by atoms with Gasteiger partial charge in [-0.3, -0.25) is 23.4 Å². The number of likely N-dealkylation sites (tertiary alicyclic amines) is 1. The molecule has 0 atom stereocenters. The van der Waals surface area contributed by atoms with Crippen molar-refractivity contribution >= 4 is 40.3 Å². The molecule has 1 aliphatic rings. The average Bonchev–Trinajstić information content (AvgIpc) is 3.30. The molecule has 0 saturated carbocycles. The highest BCUT2D eigenvalue weighted by Crippen LogP contribution is 2.22. The molecule has 3 aromatic rings. The summed E-state index contributed by atoms with van der Waals surface area (Å²) in [5.41, 5.74) is 0.555. The zero-order valence-electron chi connectivity index (χ0n) is 20.3. The van der Waals surface area contributed by atoms with E-state index in [0.717, 1.165) is 25.7 Å². The molecule has 0 aliphatic carbocycles. The van der Waals surface area contributed by atoms with Crippen LogP contribution in [0.4, 0.5) is 0 Å². The molecule has 2 amide bonds. The first kappa shape index (κ1) is 25.0. The SMILES string of the molecule is C=CCn1c(=O)c2ccccc2n2c(SCC(=O)NC3CCN(C(=O)C(CC)CC)CC3)nnc12.